The minimum absolute atomic E-state index is 0.0493. The summed E-state index contributed by atoms with van der Waals surface area (Å²) in [7, 11) is -4.10. The Balaban J connectivity index is 0.000000369. The van der Waals surface area contributed by atoms with Crippen molar-refractivity contribution in [3.8, 4) is 17.2 Å². The van der Waals surface area contributed by atoms with Crippen LogP contribution in [0.25, 0.3) is 5.69 Å². The van der Waals surface area contributed by atoms with Crippen molar-refractivity contribution in [1.29, 1.82) is 0 Å². The average Bonchev–Trinajstić information content (AvgIpc) is 3.47. The van der Waals surface area contributed by atoms with Crippen molar-refractivity contribution >= 4 is 72.0 Å². The summed E-state index contributed by atoms with van der Waals surface area (Å²) in [5, 5.41) is 31.8. The molecule has 0 amide bonds. The quantitative estimate of drug-likeness (QED) is 0.0204. The first-order valence-corrected chi connectivity index (χ1v) is 20.0. The molecule has 30 heteroatoms. The molecule has 20 nitrogen and oxygen atoms in total. The second kappa shape index (κ2) is 23.8. The maximum Gasteiger partial charge on any atom is 0.416 e. The lowest BCUT2D eigenvalue weighted by Crippen LogP contribution is -2.25. The Hall–Kier alpha value is -5.76. The van der Waals surface area contributed by atoms with E-state index in [0.29, 0.717) is 10.7 Å². The van der Waals surface area contributed by atoms with E-state index in [-0.39, 0.29) is 50.5 Å². The van der Waals surface area contributed by atoms with E-state index in [0.717, 1.165) is 49.4 Å². The van der Waals surface area contributed by atoms with Crippen LogP contribution in [-0.2, 0) is 41.0 Å². The predicted octanol–water partition coefficient (Wildman–Crippen LogP) is 6.34. The molecule has 0 aliphatic carbocycles. The molecule has 0 bridgehead atoms. The second-order valence-corrected chi connectivity index (χ2v) is 15.0. The fraction of sp³-hybridized carbons (Fsp3) is 0.294. The number of carboxylic acid groups (broad SMARTS) is 2. The number of aryl methyl sites for hydroxylation is 1. The number of hydrogen-bond acceptors (Lipinski definition) is 13. The number of aromatic nitrogens is 3. The highest BCUT2D eigenvalue weighted by Gasteiger charge is 2.31. The van der Waals surface area contributed by atoms with Crippen molar-refractivity contribution in [2.45, 2.75) is 38.4 Å². The molecule has 1 heterocycles. The van der Waals surface area contributed by atoms with E-state index >= 15 is 0 Å². The molecule has 3 aromatic carbocycles. The number of nitro benzene ring substituents is 1. The SMILES string of the molecule is CCOC(=O)COC(=O)c1cc(Oc2ccc(C(F)(F)F)cc2Cl)ccc1[N+](=O)[O-].Cc1nn(-c2cc(CC(Cl)C(=O)O)c(Cl)cc2F)c(=O)n1C(F)F.O=C(O)CNCP(=O)(O)O. The van der Waals surface area contributed by atoms with Crippen LogP contribution in [0.2, 0.25) is 10.0 Å². The van der Waals surface area contributed by atoms with Crippen LogP contribution in [0, 0.1) is 22.9 Å². The first-order valence-electron chi connectivity index (χ1n) is 17.0. The Bertz CT molecular complexity index is 2470. The number of carboxylic acids is 2. The summed E-state index contributed by atoms with van der Waals surface area (Å²) in [5.74, 6) is -6.11. The smallest absolute Gasteiger partial charge is 0.416 e. The largest absolute Gasteiger partial charge is 0.480 e. The number of hydrogen-bond donors (Lipinski definition) is 5. The Morgan fingerprint density at radius 2 is 1.66 bits per heavy atom. The molecule has 1 aromatic heterocycles. The molecular formula is C34H31Cl3F6N5O15P. The van der Waals surface area contributed by atoms with Crippen molar-refractivity contribution in [2.24, 2.45) is 0 Å². The first-order chi connectivity index (χ1) is 29.6. The Kier molecular flexibility index (Phi) is 20.2. The summed E-state index contributed by atoms with van der Waals surface area (Å²) in [6, 6.07) is 7.24. The Morgan fingerprint density at radius 1 is 1.02 bits per heavy atom. The van der Waals surface area contributed by atoms with Gasteiger partial charge in [-0.1, -0.05) is 23.2 Å². The summed E-state index contributed by atoms with van der Waals surface area (Å²) in [5.41, 5.74) is -3.70. The highest BCUT2D eigenvalue weighted by atomic mass is 35.5. The van der Waals surface area contributed by atoms with Crippen LogP contribution in [0.15, 0.2) is 53.3 Å². The highest BCUT2D eigenvalue weighted by Crippen LogP contribution is 2.37. The van der Waals surface area contributed by atoms with E-state index in [9.17, 15) is 65.0 Å². The molecule has 0 radical (unpaired) electrons. The Labute approximate surface area is 369 Å². The topological polar surface area (TPSA) is 289 Å². The van der Waals surface area contributed by atoms with Gasteiger partial charge in [0.15, 0.2) is 12.4 Å². The van der Waals surface area contributed by atoms with Crippen LogP contribution >= 0.6 is 42.4 Å². The van der Waals surface area contributed by atoms with E-state index in [1.54, 1.807) is 0 Å². The van der Waals surface area contributed by atoms with Gasteiger partial charge in [-0.25, -0.2) is 23.3 Å². The van der Waals surface area contributed by atoms with Gasteiger partial charge in [0, 0.05) is 23.6 Å². The number of nitrogens with zero attached hydrogens (tertiary/aromatic N) is 4. The molecule has 1 unspecified atom stereocenters. The molecule has 0 saturated carbocycles. The van der Waals surface area contributed by atoms with Gasteiger partial charge in [0.05, 0.1) is 34.9 Å². The van der Waals surface area contributed by atoms with Crippen molar-refractivity contribution < 1.29 is 89.2 Å². The number of esters is 2. The standard InChI is InChI=1S/C18H13ClF3NO7.C13H10Cl2F3N3O3.C3H8NO5P/c1-2-28-16(24)9-29-17(25)12-8-11(4-5-14(12)23(26)27)30-15-6-3-10(7-13(15)19)18(20,21)22;1-5-19-21(13(24)20(5)12(17)18)10-3-6(2-8(15)11(22)23)7(14)4-9(10)16;5-3(6)1-4-2-10(7,8)9/h3-8H,2,9H2,1H3;3-4,8,12H,2H2,1H3,(H,22,23);4H,1-2H2,(H,5,6)(H2,7,8,9). The third kappa shape index (κ3) is 16.7. The zero-order chi connectivity index (χ0) is 48.9. The molecule has 1 atom stereocenters. The number of rotatable bonds is 16. The highest BCUT2D eigenvalue weighted by molar-refractivity contribution is 7.51. The summed E-state index contributed by atoms with van der Waals surface area (Å²) in [6.07, 6.45) is -5.46. The number of halogens is 9. The van der Waals surface area contributed by atoms with Gasteiger partial charge in [0.25, 0.3) is 5.69 Å². The van der Waals surface area contributed by atoms with Crippen molar-refractivity contribution in [3.05, 3.63) is 108 Å². The van der Waals surface area contributed by atoms with Gasteiger partial charge in [0.2, 0.25) is 0 Å². The normalized spacial score (nSPS) is 11.7. The Morgan fingerprint density at radius 3 is 2.16 bits per heavy atom. The number of nitrogens with one attached hydrogen (secondary N) is 1. The molecular weight excluding hydrogens is 970 g/mol. The van der Waals surface area contributed by atoms with E-state index in [2.05, 4.69) is 15.2 Å². The number of ether oxygens (including phenoxy) is 3. The van der Waals surface area contributed by atoms with E-state index in [1.807, 2.05) is 0 Å². The van der Waals surface area contributed by atoms with Gasteiger partial charge >= 0.3 is 49.9 Å². The monoisotopic (exact) mass is 999 g/mol. The number of alkyl halides is 6. The van der Waals surface area contributed by atoms with Gasteiger partial charge in [-0.3, -0.25) is 29.6 Å². The third-order valence-electron chi connectivity index (χ3n) is 7.28. The van der Waals surface area contributed by atoms with Crippen molar-refractivity contribution in [2.75, 3.05) is 26.0 Å². The molecule has 4 rings (SSSR count). The molecule has 0 spiro atoms. The molecule has 0 aliphatic heterocycles. The summed E-state index contributed by atoms with van der Waals surface area (Å²) < 4.78 is 103. The van der Waals surface area contributed by atoms with Crippen LogP contribution in [0.5, 0.6) is 11.5 Å². The maximum atomic E-state index is 14.1. The van der Waals surface area contributed by atoms with E-state index in [1.165, 1.54) is 6.92 Å². The third-order valence-corrected chi connectivity index (χ3v) is 8.90. The fourth-order valence-corrected chi connectivity index (χ4v) is 5.56. The number of carbonyl (C=O) groups excluding carboxylic acids is 2. The van der Waals surface area contributed by atoms with Crippen LogP contribution in [-0.4, -0.2) is 94.6 Å². The minimum Gasteiger partial charge on any atom is -0.480 e. The van der Waals surface area contributed by atoms with Crippen molar-refractivity contribution in [3.63, 3.8) is 0 Å². The lowest BCUT2D eigenvalue weighted by molar-refractivity contribution is -0.385. The zero-order valence-electron chi connectivity index (χ0n) is 32.2. The molecule has 4 aromatic rings. The lowest BCUT2D eigenvalue weighted by atomic mass is 10.1. The van der Waals surface area contributed by atoms with Crippen LogP contribution in [0.1, 0.15) is 40.8 Å². The van der Waals surface area contributed by atoms with Gasteiger partial charge in [-0.2, -0.15) is 26.6 Å². The van der Waals surface area contributed by atoms with E-state index in [4.69, 9.17) is 64.3 Å². The molecule has 5 N–H and O–H groups in total. The van der Waals surface area contributed by atoms with E-state index < -0.39 is 108 Å². The van der Waals surface area contributed by atoms with Gasteiger partial charge in [0.1, 0.15) is 34.0 Å². The van der Waals surface area contributed by atoms with Crippen LogP contribution in [0.4, 0.5) is 32.0 Å². The van der Waals surface area contributed by atoms with Crippen LogP contribution < -0.4 is 15.7 Å². The fourth-order valence-electron chi connectivity index (χ4n) is 4.54. The maximum absolute atomic E-state index is 14.1. The lowest BCUT2D eigenvalue weighted by Gasteiger charge is -2.12. The predicted molar refractivity (Wildman–Crippen MR) is 209 cm³/mol. The average molecular weight is 1000 g/mol. The molecule has 64 heavy (non-hydrogen) atoms. The molecule has 0 saturated heterocycles. The van der Waals surface area contributed by atoms with Gasteiger partial charge in [-0.05, 0) is 55.8 Å². The second-order valence-electron chi connectivity index (χ2n) is 12.0. The molecule has 350 valence electrons. The summed E-state index contributed by atoms with van der Waals surface area (Å²) in [4.78, 5) is 82.7. The van der Waals surface area contributed by atoms with Gasteiger partial charge in [-0.15, -0.1) is 16.7 Å². The summed E-state index contributed by atoms with van der Waals surface area (Å²) in [6.45, 7) is -1.59. The molecule has 0 aliphatic rings. The number of benzene rings is 3. The number of carbonyl (C=O) groups is 4. The van der Waals surface area contributed by atoms with Crippen LogP contribution in [0.3, 0.4) is 0 Å². The first kappa shape index (κ1) is 54.4. The minimum atomic E-state index is -4.61. The molecule has 0 fully saturated rings. The number of nitro groups is 1. The van der Waals surface area contributed by atoms with Crippen molar-refractivity contribution in [1.82, 2.24) is 19.7 Å². The number of aliphatic carboxylic acids is 2. The van der Waals surface area contributed by atoms with Gasteiger partial charge < -0.3 is 34.2 Å². The zero-order valence-corrected chi connectivity index (χ0v) is 35.4. The summed E-state index contributed by atoms with van der Waals surface area (Å²) >= 11 is 17.3.